The van der Waals surface area contributed by atoms with E-state index in [-0.39, 0.29) is 5.78 Å². The Hall–Kier alpha value is -1.34. The van der Waals surface area contributed by atoms with E-state index >= 15 is 0 Å². The Morgan fingerprint density at radius 3 is 2.88 bits per heavy atom. The summed E-state index contributed by atoms with van der Waals surface area (Å²) in [5.41, 5.74) is 3.12. The summed E-state index contributed by atoms with van der Waals surface area (Å²) < 4.78 is 0. The molecule has 1 aliphatic rings. The van der Waals surface area contributed by atoms with Crippen LogP contribution in [0.15, 0.2) is 47.6 Å². The Kier molecular flexibility index (Phi) is 3.25. The number of halogens is 1. The summed E-state index contributed by atoms with van der Waals surface area (Å²) >= 11 is 5.85. The highest BCUT2D eigenvalue weighted by molar-refractivity contribution is 6.31. The van der Waals surface area contributed by atoms with E-state index in [2.05, 4.69) is 19.1 Å². The van der Waals surface area contributed by atoms with Gasteiger partial charge in [-0.2, -0.15) is 0 Å². The molecule has 0 aliphatic heterocycles. The summed E-state index contributed by atoms with van der Waals surface area (Å²) in [4.78, 5) is 11.9. The third-order valence-electron chi connectivity index (χ3n) is 2.65. The van der Waals surface area contributed by atoms with Crippen LogP contribution >= 0.6 is 11.6 Å². The van der Waals surface area contributed by atoms with Gasteiger partial charge in [-0.1, -0.05) is 47.0 Å². The summed E-state index contributed by atoms with van der Waals surface area (Å²) in [6, 6.07) is 7.12. The van der Waals surface area contributed by atoms with Gasteiger partial charge in [0.15, 0.2) is 5.78 Å². The van der Waals surface area contributed by atoms with Crippen molar-refractivity contribution in [1.82, 2.24) is 0 Å². The lowest BCUT2D eigenvalue weighted by molar-refractivity contribution is 0.0992. The van der Waals surface area contributed by atoms with Crippen LogP contribution in [0.5, 0.6) is 0 Å². The molecule has 1 aliphatic carbocycles. The number of allylic oxidation sites excluding steroid dienone is 4. The number of rotatable bonds is 3. The summed E-state index contributed by atoms with van der Waals surface area (Å²) in [6.07, 6.45) is 5.62. The second-order valence-corrected chi connectivity index (χ2v) is 4.50. The third-order valence-corrected chi connectivity index (χ3v) is 2.89. The van der Waals surface area contributed by atoms with Crippen molar-refractivity contribution < 1.29 is 4.79 Å². The fourth-order valence-electron chi connectivity index (χ4n) is 1.83. The van der Waals surface area contributed by atoms with Crippen LogP contribution in [0.3, 0.4) is 0 Å². The van der Waals surface area contributed by atoms with Crippen molar-refractivity contribution in [3.05, 3.63) is 58.1 Å². The number of carbonyl (C=O) groups excluding carboxylic acids is 1. The van der Waals surface area contributed by atoms with E-state index in [9.17, 15) is 4.79 Å². The molecule has 0 aromatic heterocycles. The average molecular weight is 233 g/mol. The van der Waals surface area contributed by atoms with Crippen LogP contribution in [0, 0.1) is 0 Å². The minimum absolute atomic E-state index is 0.136. The fraction of sp³-hybridized carbons (Fsp3) is 0.214. The topological polar surface area (TPSA) is 17.1 Å². The summed E-state index contributed by atoms with van der Waals surface area (Å²) in [6.45, 7) is 2.05. The molecule has 16 heavy (non-hydrogen) atoms. The van der Waals surface area contributed by atoms with Gasteiger partial charge >= 0.3 is 0 Å². The van der Waals surface area contributed by atoms with Gasteiger partial charge < -0.3 is 0 Å². The molecule has 0 radical (unpaired) electrons. The molecular formula is C14H13ClO. The molecule has 1 nitrogen and oxygen atoms in total. The van der Waals surface area contributed by atoms with Crippen molar-refractivity contribution >= 4 is 17.4 Å². The van der Waals surface area contributed by atoms with Gasteiger partial charge in [0, 0.05) is 17.0 Å². The molecule has 2 rings (SSSR count). The van der Waals surface area contributed by atoms with Crippen LogP contribution in [0.4, 0.5) is 0 Å². The van der Waals surface area contributed by atoms with Gasteiger partial charge in [-0.3, -0.25) is 4.79 Å². The molecule has 1 aromatic rings. The Balaban J connectivity index is 2.07. The van der Waals surface area contributed by atoms with Gasteiger partial charge in [0.1, 0.15) is 0 Å². The Bertz CT molecular complexity index is 483. The predicted molar refractivity (Wildman–Crippen MR) is 66.9 cm³/mol. The predicted octanol–water partition coefficient (Wildman–Crippen LogP) is 4.19. The van der Waals surface area contributed by atoms with E-state index in [1.807, 2.05) is 12.1 Å². The maximum Gasteiger partial charge on any atom is 0.166 e. The van der Waals surface area contributed by atoms with Crippen molar-refractivity contribution in [3.63, 3.8) is 0 Å². The molecule has 0 saturated carbocycles. The molecule has 0 N–H and O–H groups in total. The highest BCUT2D eigenvalue weighted by Gasteiger charge is 2.11. The third kappa shape index (κ3) is 2.61. The lowest BCUT2D eigenvalue weighted by Gasteiger charge is -2.02. The van der Waals surface area contributed by atoms with Crippen LogP contribution in [0.2, 0.25) is 5.02 Å². The van der Waals surface area contributed by atoms with E-state index in [0.717, 1.165) is 6.42 Å². The molecule has 0 fully saturated rings. The lowest BCUT2D eigenvalue weighted by Crippen LogP contribution is -1.99. The van der Waals surface area contributed by atoms with E-state index in [0.29, 0.717) is 17.0 Å². The van der Waals surface area contributed by atoms with Gasteiger partial charge in [-0.05, 0) is 25.5 Å². The SMILES string of the molecule is CC1=CCC(CC(=O)c2cccc(Cl)c2)=C1. The quantitative estimate of drug-likeness (QED) is 0.715. The van der Waals surface area contributed by atoms with Crippen LogP contribution in [-0.4, -0.2) is 5.78 Å². The number of carbonyl (C=O) groups is 1. The van der Waals surface area contributed by atoms with E-state index in [4.69, 9.17) is 11.6 Å². The molecule has 0 saturated heterocycles. The van der Waals surface area contributed by atoms with Crippen molar-refractivity contribution in [3.8, 4) is 0 Å². The number of benzene rings is 1. The van der Waals surface area contributed by atoms with Crippen LogP contribution in [0.25, 0.3) is 0 Å². The van der Waals surface area contributed by atoms with E-state index < -0.39 is 0 Å². The van der Waals surface area contributed by atoms with Crippen molar-refractivity contribution in [2.75, 3.05) is 0 Å². The van der Waals surface area contributed by atoms with Crippen LogP contribution < -0.4 is 0 Å². The maximum atomic E-state index is 11.9. The fourth-order valence-corrected chi connectivity index (χ4v) is 2.02. The van der Waals surface area contributed by atoms with Crippen molar-refractivity contribution in [2.24, 2.45) is 0 Å². The molecule has 0 heterocycles. The molecule has 0 spiro atoms. The monoisotopic (exact) mass is 232 g/mol. The van der Waals surface area contributed by atoms with Gasteiger partial charge in [-0.15, -0.1) is 0 Å². The minimum atomic E-state index is 0.136. The minimum Gasteiger partial charge on any atom is -0.294 e. The van der Waals surface area contributed by atoms with E-state index in [1.54, 1.807) is 12.1 Å². The largest absolute Gasteiger partial charge is 0.294 e. The number of hydrogen-bond acceptors (Lipinski definition) is 1. The number of ketones is 1. The smallest absolute Gasteiger partial charge is 0.166 e. The van der Waals surface area contributed by atoms with E-state index in [1.165, 1.54) is 11.1 Å². The first-order chi connectivity index (χ1) is 7.65. The van der Waals surface area contributed by atoms with Gasteiger partial charge in [0.25, 0.3) is 0 Å². The molecule has 82 valence electrons. The van der Waals surface area contributed by atoms with Crippen LogP contribution in [0.1, 0.15) is 30.1 Å². The zero-order valence-corrected chi connectivity index (χ0v) is 9.92. The van der Waals surface area contributed by atoms with Crippen molar-refractivity contribution in [2.45, 2.75) is 19.8 Å². The first-order valence-electron chi connectivity index (χ1n) is 5.30. The van der Waals surface area contributed by atoms with Crippen molar-refractivity contribution in [1.29, 1.82) is 0 Å². The molecule has 0 unspecified atom stereocenters. The first-order valence-corrected chi connectivity index (χ1v) is 5.68. The average Bonchev–Trinajstić information content (AvgIpc) is 2.64. The highest BCUT2D eigenvalue weighted by atomic mass is 35.5. The van der Waals surface area contributed by atoms with Gasteiger partial charge in [0.05, 0.1) is 0 Å². The Labute approximate surface area is 100 Å². The standard InChI is InChI=1S/C14H13ClO/c1-10-5-6-11(7-10)8-14(16)12-3-2-4-13(15)9-12/h2-5,7,9H,6,8H2,1H3. The van der Waals surface area contributed by atoms with Crippen LogP contribution in [-0.2, 0) is 0 Å². The zero-order valence-electron chi connectivity index (χ0n) is 9.16. The number of hydrogen-bond donors (Lipinski definition) is 0. The molecule has 1 aromatic carbocycles. The second kappa shape index (κ2) is 4.67. The molecular weight excluding hydrogens is 220 g/mol. The maximum absolute atomic E-state index is 11.9. The first kappa shape index (κ1) is 11.2. The summed E-state index contributed by atoms with van der Waals surface area (Å²) in [5, 5.41) is 0.612. The molecule has 0 bridgehead atoms. The lowest BCUT2D eigenvalue weighted by atomic mass is 10.0. The Morgan fingerprint density at radius 2 is 2.25 bits per heavy atom. The molecule has 0 amide bonds. The summed E-state index contributed by atoms with van der Waals surface area (Å²) in [7, 11) is 0. The van der Waals surface area contributed by atoms with Gasteiger partial charge in [-0.25, -0.2) is 0 Å². The summed E-state index contributed by atoms with van der Waals surface area (Å²) in [5.74, 6) is 0.136. The Morgan fingerprint density at radius 1 is 1.44 bits per heavy atom. The van der Waals surface area contributed by atoms with Gasteiger partial charge in [0.2, 0.25) is 0 Å². The molecule has 0 atom stereocenters. The second-order valence-electron chi connectivity index (χ2n) is 4.07. The highest BCUT2D eigenvalue weighted by Crippen LogP contribution is 2.22. The number of Topliss-reactive ketones (excluding diaryl/α,β-unsaturated/α-hetero) is 1. The normalized spacial score (nSPS) is 14.6. The zero-order chi connectivity index (χ0) is 11.5. The molecule has 2 heteroatoms.